The fourth-order valence-corrected chi connectivity index (χ4v) is 3.74. The zero-order chi connectivity index (χ0) is 20.9. The number of amides is 3. The molecular weight excluding hydrogens is 369 g/mol. The third-order valence-corrected chi connectivity index (χ3v) is 5.54. The van der Waals surface area contributed by atoms with Crippen LogP contribution in [0.5, 0.6) is 0 Å². The van der Waals surface area contributed by atoms with E-state index in [9.17, 15) is 14.0 Å². The van der Waals surface area contributed by atoms with Crippen molar-refractivity contribution in [3.8, 4) is 0 Å². The van der Waals surface area contributed by atoms with Gasteiger partial charge in [0.05, 0.1) is 5.41 Å². The highest BCUT2D eigenvalue weighted by atomic mass is 19.1. The fourth-order valence-electron chi connectivity index (χ4n) is 3.74. The highest BCUT2D eigenvalue weighted by molar-refractivity contribution is 5.91. The Morgan fingerprint density at radius 2 is 1.86 bits per heavy atom. The van der Waals surface area contributed by atoms with Crippen LogP contribution in [-0.2, 0) is 17.8 Å². The summed E-state index contributed by atoms with van der Waals surface area (Å²) >= 11 is 0. The molecule has 1 saturated heterocycles. The summed E-state index contributed by atoms with van der Waals surface area (Å²) in [5, 5.41) is 5.93. The number of piperidine rings is 1. The van der Waals surface area contributed by atoms with Crippen molar-refractivity contribution >= 4 is 17.6 Å². The molecule has 2 aromatic rings. The molecule has 0 aromatic heterocycles. The first-order chi connectivity index (χ1) is 13.9. The number of nitrogens with one attached hydrogen (secondary N) is 2. The van der Waals surface area contributed by atoms with Crippen molar-refractivity contribution in [2.24, 2.45) is 5.41 Å². The van der Waals surface area contributed by atoms with Crippen LogP contribution in [0, 0.1) is 11.2 Å². The quantitative estimate of drug-likeness (QED) is 0.788. The summed E-state index contributed by atoms with van der Waals surface area (Å²) in [5.74, 6) is -0.390. The van der Waals surface area contributed by atoms with Crippen LogP contribution >= 0.6 is 0 Å². The number of urea groups is 1. The number of likely N-dealkylation sites (tertiary alicyclic amines) is 1. The molecule has 0 bridgehead atoms. The van der Waals surface area contributed by atoms with E-state index in [2.05, 4.69) is 17.6 Å². The Morgan fingerprint density at radius 3 is 2.59 bits per heavy atom. The van der Waals surface area contributed by atoms with Gasteiger partial charge in [0.15, 0.2) is 0 Å². The molecule has 0 unspecified atom stereocenters. The second-order valence-electron chi connectivity index (χ2n) is 7.84. The van der Waals surface area contributed by atoms with Gasteiger partial charge in [-0.15, -0.1) is 0 Å². The summed E-state index contributed by atoms with van der Waals surface area (Å²) in [6.07, 6.45) is 2.32. The third kappa shape index (κ3) is 5.13. The van der Waals surface area contributed by atoms with E-state index in [-0.39, 0.29) is 17.8 Å². The number of para-hydroxylation sites is 1. The average Bonchev–Trinajstić information content (AvgIpc) is 2.73. The van der Waals surface area contributed by atoms with Crippen LogP contribution in [0.3, 0.4) is 0 Å². The Labute approximate surface area is 171 Å². The molecule has 3 amide bonds. The van der Waals surface area contributed by atoms with Crippen molar-refractivity contribution in [1.82, 2.24) is 10.2 Å². The molecule has 2 N–H and O–H groups in total. The molecule has 2 aromatic carbocycles. The lowest BCUT2D eigenvalue weighted by Gasteiger charge is -2.39. The van der Waals surface area contributed by atoms with Crippen LogP contribution in [0.1, 0.15) is 37.8 Å². The molecule has 6 heteroatoms. The molecule has 0 saturated carbocycles. The number of aryl methyl sites for hydroxylation is 1. The number of halogens is 1. The van der Waals surface area contributed by atoms with E-state index in [0.29, 0.717) is 19.6 Å². The first-order valence-corrected chi connectivity index (χ1v) is 10.1. The lowest BCUT2D eigenvalue weighted by atomic mass is 9.81. The zero-order valence-corrected chi connectivity index (χ0v) is 17.0. The molecule has 5 nitrogen and oxygen atoms in total. The van der Waals surface area contributed by atoms with Gasteiger partial charge >= 0.3 is 6.03 Å². The van der Waals surface area contributed by atoms with Crippen molar-refractivity contribution in [3.63, 3.8) is 0 Å². The van der Waals surface area contributed by atoms with Gasteiger partial charge in [-0.05, 0) is 55.5 Å². The first-order valence-electron chi connectivity index (χ1n) is 10.1. The molecule has 29 heavy (non-hydrogen) atoms. The van der Waals surface area contributed by atoms with E-state index in [4.69, 9.17) is 0 Å². The molecule has 1 atom stereocenters. The predicted octanol–water partition coefficient (Wildman–Crippen LogP) is 4.34. The lowest BCUT2D eigenvalue weighted by molar-refractivity contribution is -0.132. The second kappa shape index (κ2) is 9.07. The van der Waals surface area contributed by atoms with Gasteiger partial charge in [0.1, 0.15) is 5.82 Å². The highest BCUT2D eigenvalue weighted by Gasteiger charge is 2.39. The zero-order valence-electron chi connectivity index (χ0n) is 17.0. The molecule has 1 aliphatic heterocycles. The van der Waals surface area contributed by atoms with Crippen LogP contribution in [-0.4, -0.2) is 29.9 Å². The summed E-state index contributed by atoms with van der Waals surface area (Å²) in [6.45, 7) is 5.27. The van der Waals surface area contributed by atoms with Crippen molar-refractivity contribution in [2.75, 3.05) is 18.4 Å². The largest absolute Gasteiger partial charge is 0.351 e. The van der Waals surface area contributed by atoms with Gasteiger partial charge in [-0.1, -0.05) is 37.3 Å². The van der Waals surface area contributed by atoms with Gasteiger partial charge < -0.3 is 15.5 Å². The van der Waals surface area contributed by atoms with Crippen molar-refractivity contribution in [1.29, 1.82) is 0 Å². The summed E-state index contributed by atoms with van der Waals surface area (Å²) in [4.78, 5) is 27.4. The average molecular weight is 397 g/mol. The van der Waals surface area contributed by atoms with Gasteiger partial charge in [-0.3, -0.25) is 4.79 Å². The summed E-state index contributed by atoms with van der Waals surface area (Å²) < 4.78 is 13.0. The molecule has 0 radical (unpaired) electrons. The minimum absolute atomic E-state index is 0.0896. The second-order valence-corrected chi connectivity index (χ2v) is 7.84. The topological polar surface area (TPSA) is 61.4 Å². The first kappa shape index (κ1) is 20.8. The minimum atomic E-state index is -0.653. The standard InChI is InChI=1S/C23H28FN3O2/c1-3-18-7-4-5-8-20(18)26-22(29)27-14-6-13-23(2,16-27)21(28)25-15-17-9-11-19(24)12-10-17/h4-5,7-12H,3,6,13-16H2,1-2H3,(H,25,28)(H,26,29)/t23-/m1/s1. The maximum atomic E-state index is 13.0. The lowest BCUT2D eigenvalue weighted by Crippen LogP contribution is -2.52. The van der Waals surface area contributed by atoms with E-state index in [1.807, 2.05) is 31.2 Å². The molecule has 0 aliphatic carbocycles. The highest BCUT2D eigenvalue weighted by Crippen LogP contribution is 2.30. The Balaban J connectivity index is 1.61. The Hall–Kier alpha value is -2.89. The summed E-state index contributed by atoms with van der Waals surface area (Å²) in [7, 11) is 0. The van der Waals surface area contributed by atoms with Crippen LogP contribution in [0.4, 0.5) is 14.9 Å². The van der Waals surface area contributed by atoms with E-state index in [0.717, 1.165) is 36.1 Å². The number of carbonyl (C=O) groups is 2. The molecule has 154 valence electrons. The van der Waals surface area contributed by atoms with E-state index in [1.54, 1.807) is 17.0 Å². The normalized spacial score (nSPS) is 18.9. The van der Waals surface area contributed by atoms with Crippen LogP contribution in [0.25, 0.3) is 0 Å². The number of carbonyl (C=O) groups excluding carboxylic acids is 2. The van der Waals surface area contributed by atoms with Crippen LogP contribution in [0.15, 0.2) is 48.5 Å². The summed E-state index contributed by atoms with van der Waals surface area (Å²) in [6, 6.07) is 13.6. The van der Waals surface area contributed by atoms with E-state index < -0.39 is 5.41 Å². The third-order valence-electron chi connectivity index (χ3n) is 5.54. The molecule has 1 fully saturated rings. The Kier molecular flexibility index (Phi) is 6.52. The van der Waals surface area contributed by atoms with E-state index in [1.165, 1.54) is 12.1 Å². The van der Waals surface area contributed by atoms with Gasteiger partial charge in [-0.25, -0.2) is 9.18 Å². The monoisotopic (exact) mass is 397 g/mol. The van der Waals surface area contributed by atoms with Gasteiger partial charge in [-0.2, -0.15) is 0 Å². The molecule has 1 heterocycles. The molecule has 0 spiro atoms. The summed E-state index contributed by atoms with van der Waals surface area (Å²) in [5.41, 5.74) is 2.08. The maximum Gasteiger partial charge on any atom is 0.321 e. The predicted molar refractivity (Wildman–Crippen MR) is 112 cm³/mol. The van der Waals surface area contributed by atoms with Gasteiger partial charge in [0.25, 0.3) is 0 Å². The fraction of sp³-hybridized carbons (Fsp3) is 0.391. The number of benzene rings is 2. The Bertz CT molecular complexity index is 869. The van der Waals surface area contributed by atoms with Crippen molar-refractivity contribution in [3.05, 3.63) is 65.5 Å². The number of hydrogen-bond donors (Lipinski definition) is 2. The molecule has 3 rings (SSSR count). The number of hydrogen-bond acceptors (Lipinski definition) is 2. The number of anilines is 1. The van der Waals surface area contributed by atoms with E-state index >= 15 is 0 Å². The molecule has 1 aliphatic rings. The SMILES string of the molecule is CCc1ccccc1NC(=O)N1CCC[C@@](C)(C(=O)NCc2ccc(F)cc2)C1. The molecular formula is C23H28FN3O2. The minimum Gasteiger partial charge on any atom is -0.351 e. The number of rotatable bonds is 5. The number of nitrogens with zero attached hydrogens (tertiary/aromatic N) is 1. The Morgan fingerprint density at radius 1 is 1.14 bits per heavy atom. The van der Waals surface area contributed by atoms with Crippen LogP contribution in [0.2, 0.25) is 0 Å². The van der Waals surface area contributed by atoms with Gasteiger partial charge in [0.2, 0.25) is 5.91 Å². The maximum absolute atomic E-state index is 13.0. The van der Waals surface area contributed by atoms with Crippen molar-refractivity contribution in [2.45, 2.75) is 39.7 Å². The van der Waals surface area contributed by atoms with Crippen LogP contribution < -0.4 is 10.6 Å². The van der Waals surface area contributed by atoms with Crippen molar-refractivity contribution < 1.29 is 14.0 Å². The smallest absolute Gasteiger partial charge is 0.321 e. The van der Waals surface area contributed by atoms with Gasteiger partial charge in [0, 0.05) is 25.3 Å².